The third kappa shape index (κ3) is 14.8. The first-order chi connectivity index (χ1) is 43.1. The second kappa shape index (κ2) is 27.5. The van der Waals surface area contributed by atoms with E-state index >= 15 is 0 Å². The zero-order valence-electron chi connectivity index (χ0n) is 50.6. The number of thiazole rings is 1. The molecule has 13 nitrogen and oxygen atoms in total. The average Bonchev–Trinajstić information content (AvgIpc) is 3.12. The number of aromatic nitrogens is 1. The SMILES string of the molecule is C=S1(=O)CCC(C(=O)N2CCN(c3cccc4ccccc34)CC2c2cccs2)CC1.C=S1(=O)CCC(C(=O)N2CCN(c3ccccc3)CC2c2cccs2)CC1.C=S1(=O)CCC(C(=O)N2CCN(c3nc4ccccc4s3)CC2c2ccccc2)CC1. The second-order valence-corrected chi connectivity index (χ2v) is 35.9. The molecular weight excluding hydrogens is 1230 g/mol. The Morgan fingerprint density at radius 2 is 0.876 bits per heavy atom. The van der Waals surface area contributed by atoms with Crippen molar-refractivity contribution in [2.75, 3.05) is 108 Å². The highest BCUT2D eigenvalue weighted by atomic mass is 32.2. The van der Waals surface area contributed by atoms with Crippen molar-refractivity contribution in [3.63, 3.8) is 0 Å². The van der Waals surface area contributed by atoms with E-state index in [2.05, 4.69) is 167 Å². The molecule has 89 heavy (non-hydrogen) atoms. The van der Waals surface area contributed by atoms with Gasteiger partial charge >= 0.3 is 0 Å². The summed E-state index contributed by atoms with van der Waals surface area (Å²) < 4.78 is 37.9. The van der Waals surface area contributed by atoms with Gasteiger partial charge in [0.1, 0.15) is 0 Å². The average molecular weight is 1310 g/mol. The van der Waals surface area contributed by atoms with Gasteiger partial charge in [-0.2, -0.15) is 0 Å². The lowest BCUT2D eigenvalue weighted by Crippen LogP contribution is -2.53. The number of para-hydroxylation sites is 2. The number of hydrogen-bond acceptors (Lipinski definition) is 13. The van der Waals surface area contributed by atoms with E-state index in [0.29, 0.717) is 86.1 Å². The molecule has 5 aromatic carbocycles. The molecule has 14 rings (SSSR count). The second-order valence-electron chi connectivity index (χ2n) is 24.7. The molecule has 6 aliphatic heterocycles. The highest BCUT2D eigenvalue weighted by molar-refractivity contribution is 8.00. The highest BCUT2D eigenvalue weighted by Crippen LogP contribution is 2.39. The fourth-order valence-electron chi connectivity index (χ4n) is 13.6. The van der Waals surface area contributed by atoms with Crippen molar-refractivity contribution in [2.45, 2.75) is 56.7 Å². The van der Waals surface area contributed by atoms with Crippen LogP contribution in [-0.2, 0) is 42.9 Å². The number of thiophene rings is 2. The highest BCUT2D eigenvalue weighted by Gasteiger charge is 2.41. The molecule has 6 fully saturated rings. The summed E-state index contributed by atoms with van der Waals surface area (Å²) in [7, 11) is -5.93. The molecule has 0 aliphatic carbocycles. The Hall–Kier alpha value is -6.48. The minimum absolute atomic E-state index is 0.00735. The van der Waals surface area contributed by atoms with Crippen molar-refractivity contribution in [1.82, 2.24) is 19.7 Å². The number of benzene rings is 5. The molecule has 0 radical (unpaired) electrons. The molecule has 6 saturated heterocycles. The summed E-state index contributed by atoms with van der Waals surface area (Å²) in [5, 5.41) is 7.69. The summed E-state index contributed by atoms with van der Waals surface area (Å²) in [6, 6.07) is 52.4. The Balaban J connectivity index is 0.000000130. The van der Waals surface area contributed by atoms with Crippen molar-refractivity contribution >= 4 is 135 Å². The van der Waals surface area contributed by atoms with Gasteiger partial charge in [0.15, 0.2) is 5.13 Å². The van der Waals surface area contributed by atoms with Gasteiger partial charge in [-0.15, -0.1) is 22.7 Å². The van der Waals surface area contributed by atoms with Crippen molar-refractivity contribution in [3.8, 4) is 0 Å². The van der Waals surface area contributed by atoms with E-state index in [9.17, 15) is 27.0 Å². The number of nitrogens with zero attached hydrogens (tertiary/aromatic N) is 7. The molecule has 19 heteroatoms. The van der Waals surface area contributed by atoms with Crippen LogP contribution in [0.25, 0.3) is 21.0 Å². The van der Waals surface area contributed by atoms with Crippen LogP contribution in [0.15, 0.2) is 162 Å². The molecule has 8 aromatic rings. The zero-order valence-corrected chi connectivity index (χ0v) is 55.5. The Kier molecular flexibility index (Phi) is 19.4. The van der Waals surface area contributed by atoms with E-state index in [-0.39, 0.29) is 53.6 Å². The number of carbonyl (C=O) groups is 3. The number of amides is 3. The van der Waals surface area contributed by atoms with Gasteiger partial charge in [0, 0.05) is 138 Å². The number of fused-ring (bicyclic) bond motifs is 2. The van der Waals surface area contributed by atoms with Gasteiger partial charge in [-0.3, -0.25) is 27.0 Å². The van der Waals surface area contributed by atoms with Crippen LogP contribution in [0.2, 0.25) is 0 Å². The van der Waals surface area contributed by atoms with Crippen LogP contribution >= 0.6 is 34.0 Å². The quantitative estimate of drug-likeness (QED) is 0.129. The number of hydrogen-bond donors (Lipinski definition) is 0. The van der Waals surface area contributed by atoms with Gasteiger partial charge in [-0.05, 0) is 149 Å². The van der Waals surface area contributed by atoms with Gasteiger partial charge in [-0.25, -0.2) is 4.98 Å². The van der Waals surface area contributed by atoms with Gasteiger partial charge in [-0.1, -0.05) is 121 Å². The smallest absolute Gasteiger partial charge is 0.226 e. The molecule has 0 saturated carbocycles. The van der Waals surface area contributed by atoms with E-state index in [4.69, 9.17) is 4.98 Å². The van der Waals surface area contributed by atoms with Gasteiger partial charge in [0.05, 0.1) is 28.3 Å². The standard InChI is InChI=1S/C25H28N2O2S2.C24H27N3O2S2.C21H26N2O2S2/c1-31(29)16-11-20(12-17-31)25(28)27-14-13-26(18-23(27)24-10-5-15-30-24)22-9-4-7-19-6-2-3-8-21(19)22;1-31(29)15-11-19(12-16-31)23(28)27-14-13-26(17-21(27)18-7-3-2-4-8-18)24-25-20-9-5-6-10-22(20)30-24;1-27(25)14-9-17(10-15-27)21(24)23-12-11-22(18-6-3-2-4-7-18)16-19(23)20-8-5-13-26-20/h2-10,15,20,23H,1,11-14,16-18H2;2-10,19,21H,1,11-17H2;2-8,13,17,19H,1,9-12,14-16H2. The van der Waals surface area contributed by atoms with E-state index < -0.39 is 28.6 Å². The van der Waals surface area contributed by atoms with Crippen LogP contribution in [0.4, 0.5) is 16.5 Å². The van der Waals surface area contributed by atoms with Crippen molar-refractivity contribution < 1.29 is 27.0 Å². The van der Waals surface area contributed by atoms with Gasteiger partial charge in [0.2, 0.25) is 17.7 Å². The number of carbonyl (C=O) groups excluding carboxylic acids is 3. The summed E-state index contributed by atoms with van der Waals surface area (Å²) in [5.41, 5.74) is 4.62. The van der Waals surface area contributed by atoms with Crippen LogP contribution in [0, 0.1) is 17.8 Å². The number of piperazine rings is 3. The van der Waals surface area contributed by atoms with E-state index in [1.54, 1.807) is 34.0 Å². The fraction of sp³-hybridized carbons (Fsp3) is 0.386. The van der Waals surface area contributed by atoms with E-state index in [1.807, 2.05) is 42.5 Å². The minimum atomic E-state index is -1.99. The first-order valence-corrected chi connectivity index (χ1v) is 40.0. The van der Waals surface area contributed by atoms with Crippen molar-refractivity contribution in [3.05, 3.63) is 178 Å². The Morgan fingerprint density at radius 3 is 1.40 bits per heavy atom. The molecular formula is C70H81N7O6S6. The first-order valence-electron chi connectivity index (χ1n) is 31.2. The van der Waals surface area contributed by atoms with Crippen LogP contribution in [0.3, 0.4) is 0 Å². The van der Waals surface area contributed by atoms with Crippen LogP contribution in [0.1, 0.15) is 72.0 Å². The predicted molar refractivity (Wildman–Crippen MR) is 378 cm³/mol. The number of anilines is 3. The first kappa shape index (κ1) is 62.7. The Morgan fingerprint density at radius 1 is 0.438 bits per heavy atom. The molecule has 3 unspecified atom stereocenters. The largest absolute Gasteiger partial charge is 0.367 e. The zero-order chi connectivity index (χ0) is 61.7. The molecule has 3 amide bonds. The maximum atomic E-state index is 13.5. The minimum Gasteiger partial charge on any atom is -0.367 e. The maximum Gasteiger partial charge on any atom is 0.226 e. The predicted octanol–water partition coefficient (Wildman–Crippen LogP) is 11.5. The van der Waals surface area contributed by atoms with E-state index in [0.717, 1.165) is 62.0 Å². The number of rotatable bonds is 9. The van der Waals surface area contributed by atoms with Gasteiger partial charge in [0.25, 0.3) is 0 Å². The molecule has 0 bridgehead atoms. The lowest BCUT2D eigenvalue weighted by Gasteiger charge is -2.44. The topological polar surface area (TPSA) is 135 Å². The summed E-state index contributed by atoms with van der Waals surface area (Å²) in [6.45, 7) is 6.88. The van der Waals surface area contributed by atoms with Gasteiger partial charge < -0.3 is 29.4 Å². The summed E-state index contributed by atoms with van der Waals surface area (Å²) in [6.07, 6.45) is 4.17. The molecule has 0 N–H and O–H groups in total. The normalized spacial score (nSPS) is 27.5. The molecule has 3 aromatic heterocycles. The summed E-state index contributed by atoms with van der Waals surface area (Å²) in [5.74, 6) is 15.6. The monoisotopic (exact) mass is 1310 g/mol. The molecule has 9 heterocycles. The molecule has 468 valence electrons. The Labute approximate surface area is 538 Å². The van der Waals surface area contributed by atoms with Crippen LogP contribution in [-0.4, -0.2) is 161 Å². The fourth-order valence-corrected chi connectivity index (χ4v) is 21.2. The molecule has 0 spiro atoms. The lowest BCUT2D eigenvalue weighted by molar-refractivity contribution is -0.139. The summed E-state index contributed by atoms with van der Waals surface area (Å²) in [4.78, 5) is 61.0. The third-order valence-corrected chi connectivity index (χ3v) is 27.7. The summed E-state index contributed by atoms with van der Waals surface area (Å²) >= 11 is 5.15. The van der Waals surface area contributed by atoms with Crippen molar-refractivity contribution in [2.24, 2.45) is 17.8 Å². The Bertz CT molecular complexity index is 4010. The molecule has 6 aliphatic rings. The molecule has 3 atom stereocenters. The lowest BCUT2D eigenvalue weighted by atomic mass is 9.96. The van der Waals surface area contributed by atoms with Crippen molar-refractivity contribution in [1.29, 1.82) is 0 Å². The van der Waals surface area contributed by atoms with E-state index in [1.165, 1.54) is 36.6 Å². The maximum absolute atomic E-state index is 13.5. The van der Waals surface area contributed by atoms with Crippen LogP contribution in [0.5, 0.6) is 0 Å². The van der Waals surface area contributed by atoms with Crippen LogP contribution < -0.4 is 14.7 Å². The third-order valence-electron chi connectivity index (χ3n) is 18.8.